The van der Waals surface area contributed by atoms with Gasteiger partial charge in [-0.1, -0.05) is 59.4 Å². The van der Waals surface area contributed by atoms with E-state index in [9.17, 15) is 110 Å². The molecule has 0 aromatic rings. The molecule has 140 heavy (non-hydrogen) atoms. The first-order valence-corrected chi connectivity index (χ1v) is 61.3. The van der Waals surface area contributed by atoms with Crippen LogP contribution in [0.4, 0.5) is 105 Å². The molecule has 0 aromatic heterocycles. The summed E-state index contributed by atoms with van der Waals surface area (Å²) < 4.78 is 361. The molecule has 834 valence electrons. The summed E-state index contributed by atoms with van der Waals surface area (Å²) in [7, 11) is -6.21. The Bertz CT molecular complexity index is 3570. The van der Waals surface area contributed by atoms with Crippen molar-refractivity contribution >= 4 is 33.3 Å². The van der Waals surface area contributed by atoms with Gasteiger partial charge in [0, 0.05) is 48.3 Å². The number of halogens is 24. The quantitative estimate of drug-likeness (QED) is 0.0804. The number of ether oxygens (including phenoxy) is 6. The molecule has 16 aliphatic carbocycles. The van der Waals surface area contributed by atoms with E-state index in [1.807, 2.05) is 0 Å². The Morgan fingerprint density at radius 1 is 0.293 bits per heavy atom. The Labute approximate surface area is 827 Å². The molecule has 3 saturated heterocycles. The van der Waals surface area contributed by atoms with Crippen LogP contribution in [-0.4, -0.2) is 177 Å². The summed E-state index contributed by atoms with van der Waals surface area (Å²) in [4.78, 5) is 0. The van der Waals surface area contributed by atoms with Gasteiger partial charge in [0.05, 0.1) is 0 Å². The fraction of sp³-hybridized carbons (Fsp3) is 1.00. The van der Waals surface area contributed by atoms with Crippen LogP contribution in [0.15, 0.2) is 0 Å². The van der Waals surface area contributed by atoms with E-state index >= 15 is 0 Å². The number of hydrogen-bond donors (Lipinski definition) is 1. The Morgan fingerprint density at radius 2 is 0.557 bits per heavy atom. The highest BCUT2D eigenvalue weighted by atomic mass is 28.4. The van der Waals surface area contributed by atoms with Crippen LogP contribution < -0.4 is 0 Å². The minimum Gasteiger partial charge on any atom is -0.421 e. The molecule has 3 aliphatic heterocycles. The zero-order valence-corrected chi connectivity index (χ0v) is 83.1. The van der Waals surface area contributed by atoms with Crippen molar-refractivity contribution in [2.45, 2.75) is 428 Å². The van der Waals surface area contributed by atoms with Crippen molar-refractivity contribution in [3.63, 3.8) is 0 Å². The van der Waals surface area contributed by atoms with Gasteiger partial charge in [-0.15, -0.1) is 0 Å². The summed E-state index contributed by atoms with van der Waals surface area (Å²) in [6.45, 7) is 15.6. The van der Waals surface area contributed by atoms with Gasteiger partial charge in [-0.3, -0.25) is 0 Å². The van der Waals surface area contributed by atoms with Gasteiger partial charge in [0.25, 0.3) is 5.60 Å². The summed E-state index contributed by atoms with van der Waals surface area (Å²) in [5.74, 6) is 3.27. The molecule has 19 rings (SSSR count). The standard InChI is InChI=1S/C21H28F6O2.C21H31F3O2.C20H29F3O2.C15H21F3O.3C4H9F3OSi.C4H12OSi.8CH4/c22-20(23,24)19(21(25,26)27,29-16-3-1-2-6-28-16)10-14-8-13-9-15(14)18-12-5-4-11(7-12)17(13)18;1-20(21(22,23)24,26-17-4-2-3-7-25-17)11-15-9-14-10-16(15)19-13-6-5-12(8-13)18(14)19;21-20(22,23)16(25-17-3-1-2-6-24-17)10-13-8-14-9-15(13)19-12-5-4-11(7-12)18(14)19;16-15(17,18)12(19)6-9-4-10-5-11(9)14-8-2-1-7(3-8)13(10)14;3*1-8-9(2,3)4(5,6)7;1-5-6(2,3)4;;;;;;;;/h11-18H,1-10H2;12-19H,2-11H2,1H3;11-19H,1-10H2;7-14,19H,1-6H2;3*1-3H3;1-4H3;8*1H4. The maximum Gasteiger partial charge on any atom is 0.426 e. The maximum absolute atomic E-state index is 14.0. The van der Waals surface area contributed by atoms with E-state index in [1.54, 1.807) is 7.11 Å². The fourth-order valence-corrected chi connectivity index (χ4v) is 30.6. The van der Waals surface area contributed by atoms with E-state index in [0.717, 1.165) is 196 Å². The largest absolute Gasteiger partial charge is 0.426 e. The zero-order chi connectivity index (χ0) is 97.6. The second kappa shape index (κ2) is 49.7. The topological polar surface area (TPSA) is 113 Å². The monoisotopic (exact) mass is 2140 g/mol. The first-order chi connectivity index (χ1) is 60.9. The van der Waals surface area contributed by atoms with Crippen LogP contribution in [0, 0.1) is 166 Å². The minimum absolute atomic E-state index is 0. The van der Waals surface area contributed by atoms with Gasteiger partial charge >= 0.3 is 73.2 Å². The van der Waals surface area contributed by atoms with Crippen molar-refractivity contribution in [1.29, 1.82) is 0 Å². The lowest BCUT2D eigenvalue weighted by molar-refractivity contribution is -0.416. The average Bonchev–Trinajstić information content (AvgIpc) is 1.56. The van der Waals surface area contributed by atoms with Crippen molar-refractivity contribution in [1.82, 2.24) is 0 Å². The van der Waals surface area contributed by atoms with Gasteiger partial charge in [0.1, 0.15) is 6.10 Å². The van der Waals surface area contributed by atoms with E-state index < -0.39 is 136 Å². The van der Waals surface area contributed by atoms with Gasteiger partial charge in [0.15, 0.2) is 38.9 Å². The second-order valence-electron chi connectivity index (χ2n) is 45.8. The Morgan fingerprint density at radius 3 is 0.800 bits per heavy atom. The number of rotatable bonds is 18. The van der Waals surface area contributed by atoms with Gasteiger partial charge in [-0.25, -0.2) is 0 Å². The third kappa shape index (κ3) is 28.6. The fourth-order valence-electron chi connectivity index (χ4n) is 29.9. The molecular formula is C101H180F24O11Si4. The molecular weight excluding hydrogens is 1960 g/mol. The van der Waals surface area contributed by atoms with E-state index in [1.165, 1.54) is 84.0 Å². The van der Waals surface area contributed by atoms with Crippen LogP contribution in [-0.2, 0) is 46.1 Å². The van der Waals surface area contributed by atoms with Crippen molar-refractivity contribution < 1.29 is 157 Å². The number of aliphatic hydroxyl groups is 1. The molecule has 34 atom stereocenters. The number of fused-ring (bicyclic) bond motifs is 36. The Kier molecular flexibility index (Phi) is 46.5. The SMILES string of the molecule is C.C.C.C.C.C.C.C.CC(CC1CC2CC1C1C3CCC(C3)C21)(OC1CCCCO1)C(F)(F)F.CO[Si](C)(C)C.CO[Si](C)(C)C(F)(F)F.CO[Si](C)(C)C(F)(F)F.CO[Si](C)(C)C(F)(F)F.FC(F)(F)C(CC1CC2CC1C1C3CCC(C3)C21)(OC1CCCCO1)C(F)(F)F.FC(F)(F)C(CC1CC2CC1C1C3CCC(C3)C21)OC1CCCCO1.OC(CC1CC2CC1C1C3CCC(C3)C21)C(F)(F)F. The molecule has 0 aromatic carbocycles. The lowest BCUT2D eigenvalue weighted by Gasteiger charge is -2.45. The molecule has 19 fully saturated rings. The van der Waals surface area contributed by atoms with Crippen LogP contribution >= 0.6 is 0 Å². The Balaban J connectivity index is 0.000000347. The van der Waals surface area contributed by atoms with Gasteiger partial charge in [0.2, 0.25) is 0 Å². The summed E-state index contributed by atoms with van der Waals surface area (Å²) >= 11 is 0. The molecule has 3 heterocycles. The molecule has 0 spiro atoms. The van der Waals surface area contributed by atoms with Crippen LogP contribution in [0.5, 0.6) is 0 Å². The summed E-state index contributed by atoms with van der Waals surface area (Å²) in [5, 5.41) is 9.32. The predicted molar refractivity (Wildman–Crippen MR) is 510 cm³/mol. The molecule has 39 heteroatoms. The van der Waals surface area contributed by atoms with Crippen molar-refractivity contribution in [2.24, 2.45) is 166 Å². The van der Waals surface area contributed by atoms with Crippen molar-refractivity contribution in [3.05, 3.63) is 0 Å². The van der Waals surface area contributed by atoms with Crippen LogP contribution in [0.25, 0.3) is 0 Å². The molecule has 19 aliphatic rings. The highest BCUT2D eigenvalue weighted by Crippen LogP contribution is 2.75. The van der Waals surface area contributed by atoms with Crippen LogP contribution in [0.1, 0.15) is 278 Å². The average molecular weight is 2140 g/mol. The smallest absolute Gasteiger partial charge is 0.421 e. The zero-order valence-electron chi connectivity index (χ0n) is 79.1. The van der Waals surface area contributed by atoms with Gasteiger partial charge in [-0.05, 0) is 443 Å². The molecule has 34 unspecified atom stereocenters. The highest BCUT2D eigenvalue weighted by molar-refractivity contribution is 6.74. The third-order valence-electron chi connectivity index (χ3n) is 36.6. The van der Waals surface area contributed by atoms with Crippen molar-refractivity contribution in [3.8, 4) is 0 Å². The highest BCUT2D eigenvalue weighted by Gasteiger charge is 2.76. The van der Waals surface area contributed by atoms with E-state index in [-0.39, 0.29) is 115 Å². The Hall–Kier alpha value is -1.25. The summed E-state index contributed by atoms with van der Waals surface area (Å²) in [6, 6.07) is 0. The summed E-state index contributed by atoms with van der Waals surface area (Å²) in [5.41, 5.74) is -6.21. The van der Waals surface area contributed by atoms with Crippen LogP contribution in [0.3, 0.4) is 0 Å². The van der Waals surface area contributed by atoms with E-state index in [2.05, 4.69) is 32.9 Å². The lowest BCUT2D eigenvalue weighted by Crippen LogP contribution is -2.62. The summed E-state index contributed by atoms with van der Waals surface area (Å²) in [6.07, 6.45) is -2.08. The van der Waals surface area contributed by atoms with Gasteiger partial charge < -0.3 is 51.2 Å². The normalized spacial score (nSPS) is 37.6. The molecule has 11 nitrogen and oxygen atoms in total. The minimum atomic E-state index is -5.53. The molecule has 1 N–H and O–H groups in total. The van der Waals surface area contributed by atoms with E-state index in [0.29, 0.717) is 116 Å². The van der Waals surface area contributed by atoms with Crippen molar-refractivity contribution in [2.75, 3.05) is 48.3 Å². The predicted octanol–water partition coefficient (Wildman–Crippen LogP) is 32.8. The number of hydrogen-bond acceptors (Lipinski definition) is 11. The van der Waals surface area contributed by atoms with E-state index in [4.69, 9.17) is 32.8 Å². The number of aliphatic hydroxyl groups excluding tert-OH is 1. The van der Waals surface area contributed by atoms with Crippen LogP contribution in [0.2, 0.25) is 58.9 Å². The first kappa shape index (κ1) is 131. The molecule has 0 amide bonds. The maximum atomic E-state index is 14.0. The first-order valence-electron chi connectivity index (χ1n) is 49.2. The number of alkyl halides is 24. The lowest BCUT2D eigenvalue weighted by atomic mass is 9.65. The molecule has 16 saturated carbocycles. The molecule has 0 radical (unpaired) electrons. The third-order valence-corrected chi connectivity index (χ3v) is 45.0. The second-order valence-corrected chi connectivity index (χ2v) is 62.4. The molecule has 16 bridgehead atoms. The van der Waals surface area contributed by atoms with Gasteiger partial charge in [-0.2, -0.15) is 105 Å².